The van der Waals surface area contributed by atoms with Crippen molar-refractivity contribution in [2.24, 2.45) is 0 Å². The number of rotatable bonds is 6. The van der Waals surface area contributed by atoms with Crippen molar-refractivity contribution in [2.75, 3.05) is 30.3 Å². The summed E-state index contributed by atoms with van der Waals surface area (Å²) < 4.78 is 1.87. The predicted molar refractivity (Wildman–Crippen MR) is 107 cm³/mol. The van der Waals surface area contributed by atoms with Gasteiger partial charge in [0, 0.05) is 25.7 Å². The number of hydrogen-bond donors (Lipinski definition) is 3. The molecule has 1 aromatic carbocycles. The zero-order chi connectivity index (χ0) is 19.2. The van der Waals surface area contributed by atoms with Crippen molar-refractivity contribution in [1.29, 1.82) is 0 Å². The Labute approximate surface area is 164 Å². The van der Waals surface area contributed by atoms with Gasteiger partial charge in [-0.2, -0.15) is 5.10 Å². The first-order chi connectivity index (χ1) is 13.1. The minimum atomic E-state index is -0.353. The van der Waals surface area contributed by atoms with Crippen LogP contribution in [-0.4, -0.2) is 51.6 Å². The molecule has 2 amide bonds. The summed E-state index contributed by atoms with van der Waals surface area (Å²) in [4.78, 5) is 14.6. The minimum Gasteiger partial charge on any atom is -0.392 e. The van der Waals surface area contributed by atoms with Crippen LogP contribution in [0.4, 0.5) is 16.3 Å². The zero-order valence-electron chi connectivity index (χ0n) is 15.4. The summed E-state index contributed by atoms with van der Waals surface area (Å²) >= 11 is 6.08. The Kier molecular flexibility index (Phi) is 6.71. The molecule has 1 aliphatic heterocycles. The molecule has 0 spiro atoms. The normalized spacial score (nSPS) is 16.9. The number of likely N-dealkylation sites (tertiary alicyclic amines) is 1. The summed E-state index contributed by atoms with van der Waals surface area (Å²) in [6.45, 7) is 4.53. The van der Waals surface area contributed by atoms with Gasteiger partial charge < -0.3 is 15.3 Å². The van der Waals surface area contributed by atoms with Crippen LogP contribution in [0.5, 0.6) is 0 Å². The van der Waals surface area contributed by atoms with Gasteiger partial charge in [0.2, 0.25) is 0 Å². The maximum absolute atomic E-state index is 12.3. The van der Waals surface area contributed by atoms with E-state index in [1.807, 2.05) is 23.7 Å². The van der Waals surface area contributed by atoms with Gasteiger partial charge in [-0.3, -0.25) is 5.32 Å². The van der Waals surface area contributed by atoms with E-state index in [1.54, 1.807) is 24.4 Å². The lowest BCUT2D eigenvalue weighted by atomic mass is 10.0. The van der Waals surface area contributed by atoms with Crippen LogP contribution >= 0.6 is 11.6 Å². The molecule has 1 aromatic heterocycles. The molecule has 1 aliphatic rings. The number of anilines is 2. The Morgan fingerprint density at radius 3 is 2.74 bits per heavy atom. The number of urea groups is 1. The molecule has 7 nitrogen and oxygen atoms in total. The summed E-state index contributed by atoms with van der Waals surface area (Å²) in [6.07, 6.45) is 4.06. The number of amides is 2. The number of halogens is 1. The van der Waals surface area contributed by atoms with Gasteiger partial charge in [-0.05, 0) is 31.4 Å². The first-order valence-corrected chi connectivity index (χ1v) is 9.71. The molecular formula is C19H26ClN5O2. The standard InChI is InChI=1S/C19H26ClN5O2/c1-2-15(26)13-24-11-8-14(9-12-24)25-18(7-10-21-25)23-19(27)22-17-6-4-3-5-16(17)20/h3-7,10,14-15,26H,2,8-9,11-13H2,1H3,(H2,22,23,27)/t15-/m1/s1. The topological polar surface area (TPSA) is 82.4 Å². The number of benzene rings is 1. The summed E-state index contributed by atoms with van der Waals surface area (Å²) in [5.74, 6) is 0.659. The summed E-state index contributed by atoms with van der Waals surface area (Å²) in [6, 6.07) is 8.77. The molecule has 3 N–H and O–H groups in total. The lowest BCUT2D eigenvalue weighted by Gasteiger charge is -2.33. The van der Waals surface area contributed by atoms with Crippen LogP contribution in [0.1, 0.15) is 32.2 Å². The van der Waals surface area contributed by atoms with Crippen LogP contribution in [0.25, 0.3) is 0 Å². The number of carbonyl (C=O) groups is 1. The van der Waals surface area contributed by atoms with E-state index in [4.69, 9.17) is 11.6 Å². The van der Waals surface area contributed by atoms with Crippen LogP contribution in [-0.2, 0) is 0 Å². The summed E-state index contributed by atoms with van der Waals surface area (Å²) in [7, 11) is 0. The van der Waals surface area contributed by atoms with Crippen molar-refractivity contribution in [2.45, 2.75) is 38.3 Å². The van der Waals surface area contributed by atoms with E-state index in [9.17, 15) is 9.90 Å². The third-order valence-corrected chi connectivity index (χ3v) is 5.21. The number of para-hydroxylation sites is 1. The van der Waals surface area contributed by atoms with Crippen molar-refractivity contribution in [3.8, 4) is 0 Å². The fourth-order valence-electron chi connectivity index (χ4n) is 3.31. The number of nitrogens with one attached hydrogen (secondary N) is 2. The van der Waals surface area contributed by atoms with Crippen LogP contribution in [0.3, 0.4) is 0 Å². The fourth-order valence-corrected chi connectivity index (χ4v) is 3.49. The highest BCUT2D eigenvalue weighted by molar-refractivity contribution is 6.33. The number of aromatic nitrogens is 2. The monoisotopic (exact) mass is 391 g/mol. The first-order valence-electron chi connectivity index (χ1n) is 9.33. The van der Waals surface area contributed by atoms with E-state index >= 15 is 0 Å². The molecule has 0 saturated carbocycles. The molecule has 1 atom stereocenters. The van der Waals surface area contributed by atoms with E-state index in [0.717, 1.165) is 32.4 Å². The number of carbonyl (C=O) groups excluding carboxylic acids is 1. The molecule has 2 heterocycles. The molecule has 1 saturated heterocycles. The molecule has 0 radical (unpaired) electrons. The van der Waals surface area contributed by atoms with E-state index in [2.05, 4.69) is 20.6 Å². The fraction of sp³-hybridized carbons (Fsp3) is 0.474. The second-order valence-corrected chi connectivity index (χ2v) is 7.22. The van der Waals surface area contributed by atoms with E-state index in [1.165, 1.54) is 0 Å². The van der Waals surface area contributed by atoms with Gasteiger partial charge in [0.1, 0.15) is 5.82 Å². The zero-order valence-corrected chi connectivity index (χ0v) is 16.2. The second-order valence-electron chi connectivity index (χ2n) is 6.81. The SMILES string of the molecule is CC[C@@H](O)CN1CCC(n2nccc2NC(=O)Nc2ccccc2Cl)CC1. The van der Waals surface area contributed by atoms with Gasteiger partial charge >= 0.3 is 6.03 Å². The number of aliphatic hydroxyl groups excluding tert-OH is 1. The third-order valence-electron chi connectivity index (χ3n) is 4.88. The van der Waals surface area contributed by atoms with Gasteiger partial charge in [-0.15, -0.1) is 0 Å². The second kappa shape index (κ2) is 9.21. The van der Waals surface area contributed by atoms with Gasteiger partial charge in [-0.1, -0.05) is 30.7 Å². The van der Waals surface area contributed by atoms with E-state index < -0.39 is 0 Å². The van der Waals surface area contributed by atoms with Crippen LogP contribution < -0.4 is 10.6 Å². The van der Waals surface area contributed by atoms with E-state index in [-0.39, 0.29) is 18.2 Å². The van der Waals surface area contributed by atoms with Gasteiger partial charge in [0.05, 0.1) is 29.1 Å². The maximum atomic E-state index is 12.3. The lowest BCUT2D eigenvalue weighted by molar-refractivity contribution is 0.0869. The quantitative estimate of drug-likeness (QED) is 0.702. The van der Waals surface area contributed by atoms with Crippen molar-refractivity contribution in [1.82, 2.24) is 14.7 Å². The molecule has 27 heavy (non-hydrogen) atoms. The minimum absolute atomic E-state index is 0.227. The highest BCUT2D eigenvalue weighted by atomic mass is 35.5. The highest BCUT2D eigenvalue weighted by Crippen LogP contribution is 2.26. The Balaban J connectivity index is 1.57. The Morgan fingerprint density at radius 2 is 2.04 bits per heavy atom. The largest absolute Gasteiger partial charge is 0.392 e. The number of β-amino-alcohol motifs (C(OH)–C–C–N with tert-alkyl or cyclic N) is 1. The summed E-state index contributed by atoms with van der Waals surface area (Å²) in [5.41, 5.74) is 0.561. The van der Waals surface area contributed by atoms with E-state index in [0.29, 0.717) is 23.1 Å². The number of hydrogen-bond acceptors (Lipinski definition) is 4. The number of piperidine rings is 1. The lowest BCUT2D eigenvalue weighted by Crippen LogP contribution is -2.39. The third kappa shape index (κ3) is 5.22. The molecule has 0 aliphatic carbocycles. The smallest absolute Gasteiger partial charge is 0.324 e. The average Bonchev–Trinajstić information content (AvgIpc) is 3.12. The maximum Gasteiger partial charge on any atom is 0.324 e. The van der Waals surface area contributed by atoms with Crippen LogP contribution in [0, 0.1) is 0 Å². The van der Waals surface area contributed by atoms with Crippen LogP contribution in [0.15, 0.2) is 36.5 Å². The van der Waals surface area contributed by atoms with Crippen molar-refractivity contribution in [3.05, 3.63) is 41.6 Å². The van der Waals surface area contributed by atoms with Gasteiger partial charge in [0.25, 0.3) is 0 Å². The highest BCUT2D eigenvalue weighted by Gasteiger charge is 2.24. The molecule has 0 bridgehead atoms. The first kappa shape index (κ1) is 19.7. The molecule has 8 heteroatoms. The molecular weight excluding hydrogens is 366 g/mol. The Hall–Kier alpha value is -2.09. The molecule has 0 unspecified atom stereocenters. The number of nitrogens with zero attached hydrogens (tertiary/aromatic N) is 3. The number of aliphatic hydroxyl groups is 1. The molecule has 1 fully saturated rings. The molecule has 146 valence electrons. The van der Waals surface area contributed by atoms with Crippen molar-refractivity contribution < 1.29 is 9.90 Å². The Morgan fingerprint density at radius 1 is 1.30 bits per heavy atom. The van der Waals surface area contributed by atoms with Crippen LogP contribution in [0.2, 0.25) is 5.02 Å². The van der Waals surface area contributed by atoms with Crippen molar-refractivity contribution in [3.63, 3.8) is 0 Å². The average molecular weight is 392 g/mol. The Bertz CT molecular complexity index is 758. The molecule has 2 aromatic rings. The van der Waals surface area contributed by atoms with Crippen molar-refractivity contribution >= 4 is 29.1 Å². The predicted octanol–water partition coefficient (Wildman–Crippen LogP) is 3.59. The molecule has 3 rings (SSSR count). The van der Waals surface area contributed by atoms with Gasteiger partial charge in [-0.25, -0.2) is 9.48 Å². The summed E-state index contributed by atoms with van der Waals surface area (Å²) in [5, 5.41) is 20.3. The van der Waals surface area contributed by atoms with Gasteiger partial charge in [0.15, 0.2) is 0 Å².